The van der Waals surface area contributed by atoms with Gasteiger partial charge in [-0.3, -0.25) is 0 Å². The van der Waals surface area contributed by atoms with Gasteiger partial charge in [-0.25, -0.2) is 0 Å². The van der Waals surface area contributed by atoms with Gasteiger partial charge in [0.1, 0.15) is 11.3 Å². The second-order valence-electron chi connectivity index (χ2n) is 5.06. The first kappa shape index (κ1) is 10.8. The van der Waals surface area contributed by atoms with Crippen LogP contribution < -0.4 is 5.32 Å². The zero-order valence-corrected chi connectivity index (χ0v) is 10.3. The summed E-state index contributed by atoms with van der Waals surface area (Å²) in [6.07, 6.45) is 5.35. The molecule has 0 unspecified atom stereocenters. The van der Waals surface area contributed by atoms with Crippen LogP contribution in [0.3, 0.4) is 0 Å². The zero-order chi connectivity index (χ0) is 11.7. The smallest absolute Gasteiger partial charge is 0.134 e. The maximum absolute atomic E-state index is 5.88. The molecule has 3 rings (SSSR count). The lowest BCUT2D eigenvalue weighted by atomic mass is 10.1. The summed E-state index contributed by atoms with van der Waals surface area (Å²) in [5, 5.41) is 4.86. The Morgan fingerprint density at radius 2 is 2.00 bits per heavy atom. The summed E-state index contributed by atoms with van der Waals surface area (Å²) in [7, 11) is 0. The van der Waals surface area contributed by atoms with Gasteiger partial charge in [0.15, 0.2) is 0 Å². The molecule has 2 heteroatoms. The highest BCUT2D eigenvalue weighted by Crippen LogP contribution is 2.26. The molecule has 0 aliphatic heterocycles. The molecule has 90 valence electrons. The molecule has 1 fully saturated rings. The van der Waals surface area contributed by atoms with Crippen molar-refractivity contribution in [3.63, 3.8) is 0 Å². The fourth-order valence-electron chi connectivity index (χ4n) is 2.74. The molecule has 0 saturated heterocycles. The molecule has 2 nitrogen and oxygen atoms in total. The highest BCUT2D eigenvalue weighted by atomic mass is 16.3. The summed E-state index contributed by atoms with van der Waals surface area (Å²) in [5.74, 6) is 1.05. The summed E-state index contributed by atoms with van der Waals surface area (Å²) < 4.78 is 5.88. The number of nitrogens with one attached hydrogen (secondary N) is 1. The van der Waals surface area contributed by atoms with E-state index in [-0.39, 0.29) is 0 Å². The molecule has 0 radical (unpaired) electrons. The number of hydrogen-bond donors (Lipinski definition) is 1. The minimum Gasteiger partial charge on any atom is -0.459 e. The number of fused-ring (bicyclic) bond motifs is 1. The molecule has 0 bridgehead atoms. The third-order valence-electron chi connectivity index (χ3n) is 3.71. The monoisotopic (exact) mass is 229 g/mol. The van der Waals surface area contributed by atoms with Crippen molar-refractivity contribution in [1.82, 2.24) is 5.32 Å². The van der Waals surface area contributed by atoms with Crippen LogP contribution in [0.5, 0.6) is 0 Å². The summed E-state index contributed by atoms with van der Waals surface area (Å²) in [5.41, 5.74) is 0.988. The van der Waals surface area contributed by atoms with Gasteiger partial charge in [-0.15, -0.1) is 0 Å². The van der Waals surface area contributed by atoms with E-state index in [0.717, 1.165) is 11.3 Å². The van der Waals surface area contributed by atoms with E-state index >= 15 is 0 Å². The SMILES string of the molecule is C[C@H](NC1CCCC1)c1cc2ccccc2o1. The Hall–Kier alpha value is -1.28. The number of benzene rings is 1. The third-order valence-corrected chi connectivity index (χ3v) is 3.71. The lowest BCUT2D eigenvalue weighted by Gasteiger charge is -2.16. The van der Waals surface area contributed by atoms with Crippen LogP contribution in [-0.4, -0.2) is 6.04 Å². The van der Waals surface area contributed by atoms with Crippen molar-refractivity contribution in [2.24, 2.45) is 0 Å². The summed E-state index contributed by atoms with van der Waals surface area (Å²) in [4.78, 5) is 0. The molecule has 1 aliphatic rings. The highest BCUT2D eigenvalue weighted by Gasteiger charge is 2.19. The van der Waals surface area contributed by atoms with Crippen molar-refractivity contribution < 1.29 is 4.42 Å². The molecular formula is C15H19NO. The van der Waals surface area contributed by atoms with Gasteiger partial charge in [0, 0.05) is 11.4 Å². The average molecular weight is 229 g/mol. The minimum atomic E-state index is 0.311. The van der Waals surface area contributed by atoms with E-state index in [1.54, 1.807) is 0 Å². The van der Waals surface area contributed by atoms with E-state index < -0.39 is 0 Å². The number of rotatable bonds is 3. The first-order valence-corrected chi connectivity index (χ1v) is 6.57. The van der Waals surface area contributed by atoms with Crippen molar-refractivity contribution in [2.75, 3.05) is 0 Å². The van der Waals surface area contributed by atoms with Gasteiger partial charge in [0.2, 0.25) is 0 Å². The van der Waals surface area contributed by atoms with Crippen LogP contribution in [0.2, 0.25) is 0 Å². The van der Waals surface area contributed by atoms with Crippen LogP contribution in [0.25, 0.3) is 11.0 Å². The van der Waals surface area contributed by atoms with Crippen molar-refractivity contribution in [3.05, 3.63) is 36.1 Å². The molecule has 17 heavy (non-hydrogen) atoms. The largest absolute Gasteiger partial charge is 0.459 e. The van der Waals surface area contributed by atoms with Crippen molar-refractivity contribution in [3.8, 4) is 0 Å². The van der Waals surface area contributed by atoms with Gasteiger partial charge >= 0.3 is 0 Å². The zero-order valence-electron chi connectivity index (χ0n) is 10.3. The first-order valence-electron chi connectivity index (χ1n) is 6.57. The molecule has 0 amide bonds. The van der Waals surface area contributed by atoms with E-state index in [0.29, 0.717) is 12.1 Å². The first-order chi connectivity index (χ1) is 8.33. The molecule has 0 spiro atoms. The topological polar surface area (TPSA) is 25.2 Å². The average Bonchev–Trinajstić information content (AvgIpc) is 2.96. The highest BCUT2D eigenvalue weighted by molar-refractivity contribution is 5.77. The van der Waals surface area contributed by atoms with Crippen molar-refractivity contribution >= 4 is 11.0 Å². The quantitative estimate of drug-likeness (QED) is 0.859. The maximum Gasteiger partial charge on any atom is 0.134 e. The fourth-order valence-corrected chi connectivity index (χ4v) is 2.74. The van der Waals surface area contributed by atoms with E-state index in [9.17, 15) is 0 Å². The second kappa shape index (κ2) is 4.53. The predicted molar refractivity (Wildman–Crippen MR) is 70.0 cm³/mol. The number of para-hydroxylation sites is 1. The molecule has 1 aromatic carbocycles. The normalized spacial score (nSPS) is 18.9. The van der Waals surface area contributed by atoms with Gasteiger partial charge in [0.05, 0.1) is 6.04 Å². The Morgan fingerprint density at radius 3 is 2.76 bits per heavy atom. The van der Waals surface area contributed by atoms with E-state index in [2.05, 4.69) is 30.4 Å². The Bertz CT molecular complexity index is 463. The van der Waals surface area contributed by atoms with Crippen LogP contribution in [0.4, 0.5) is 0 Å². The maximum atomic E-state index is 5.88. The molecule has 1 aliphatic carbocycles. The lowest BCUT2D eigenvalue weighted by molar-refractivity contribution is 0.401. The van der Waals surface area contributed by atoms with Crippen LogP contribution in [0.15, 0.2) is 34.7 Å². The third kappa shape index (κ3) is 2.22. The molecule has 1 aromatic heterocycles. The molecule has 1 saturated carbocycles. The lowest BCUT2D eigenvalue weighted by Crippen LogP contribution is -2.28. The molecule has 1 heterocycles. The van der Waals surface area contributed by atoms with Gasteiger partial charge in [0.25, 0.3) is 0 Å². The van der Waals surface area contributed by atoms with Gasteiger partial charge < -0.3 is 9.73 Å². The van der Waals surface area contributed by atoms with E-state index in [1.807, 2.05) is 12.1 Å². The standard InChI is InChI=1S/C15H19NO/c1-11(16-13-7-3-4-8-13)15-10-12-6-2-5-9-14(12)17-15/h2,5-6,9-11,13,16H,3-4,7-8H2,1H3/t11-/m0/s1. The summed E-state index contributed by atoms with van der Waals surface area (Å²) in [6, 6.07) is 11.3. The second-order valence-corrected chi connectivity index (χ2v) is 5.06. The van der Waals surface area contributed by atoms with Crippen LogP contribution in [-0.2, 0) is 0 Å². The molecule has 2 aromatic rings. The Kier molecular flexibility index (Phi) is 2.89. The minimum absolute atomic E-state index is 0.311. The summed E-state index contributed by atoms with van der Waals surface area (Å²) >= 11 is 0. The number of furan rings is 1. The van der Waals surface area contributed by atoms with Crippen LogP contribution >= 0.6 is 0 Å². The van der Waals surface area contributed by atoms with Crippen molar-refractivity contribution in [1.29, 1.82) is 0 Å². The Morgan fingerprint density at radius 1 is 1.24 bits per heavy atom. The van der Waals surface area contributed by atoms with Gasteiger partial charge in [-0.05, 0) is 31.9 Å². The van der Waals surface area contributed by atoms with Crippen LogP contribution in [0, 0.1) is 0 Å². The molecule has 1 atom stereocenters. The van der Waals surface area contributed by atoms with Gasteiger partial charge in [-0.2, -0.15) is 0 Å². The summed E-state index contributed by atoms with van der Waals surface area (Å²) in [6.45, 7) is 2.19. The van der Waals surface area contributed by atoms with Crippen LogP contribution in [0.1, 0.15) is 44.4 Å². The van der Waals surface area contributed by atoms with Gasteiger partial charge in [-0.1, -0.05) is 31.0 Å². The molecular weight excluding hydrogens is 210 g/mol. The fraction of sp³-hybridized carbons (Fsp3) is 0.467. The predicted octanol–water partition coefficient (Wildman–Crippen LogP) is 4.03. The van der Waals surface area contributed by atoms with E-state index in [4.69, 9.17) is 4.42 Å². The Labute approximate surface area is 102 Å². The van der Waals surface area contributed by atoms with E-state index in [1.165, 1.54) is 31.1 Å². The Balaban J connectivity index is 1.77. The molecule has 1 N–H and O–H groups in total. The number of hydrogen-bond acceptors (Lipinski definition) is 2. The van der Waals surface area contributed by atoms with Crippen molar-refractivity contribution in [2.45, 2.75) is 44.7 Å².